The van der Waals surface area contributed by atoms with Gasteiger partial charge in [-0.1, -0.05) is 79.4 Å². The molecule has 0 amide bonds. The van der Waals surface area contributed by atoms with Gasteiger partial charge >= 0.3 is 0 Å². The monoisotopic (exact) mass is 318 g/mol. The summed E-state index contributed by atoms with van der Waals surface area (Å²) in [7, 11) is 0. The van der Waals surface area contributed by atoms with E-state index in [-0.39, 0.29) is 0 Å². The van der Waals surface area contributed by atoms with Crippen molar-refractivity contribution in [3.05, 3.63) is 29.8 Å². The summed E-state index contributed by atoms with van der Waals surface area (Å²) in [5.41, 5.74) is 2.16. The fourth-order valence-corrected chi connectivity index (χ4v) is 3.16. The van der Waals surface area contributed by atoms with Gasteiger partial charge in [-0.3, -0.25) is 0 Å². The number of hydrogen-bond donors (Lipinski definition) is 1. The van der Waals surface area contributed by atoms with Gasteiger partial charge in [0.2, 0.25) is 0 Å². The highest BCUT2D eigenvalue weighted by Crippen LogP contribution is 2.34. The predicted octanol–water partition coefficient (Wildman–Crippen LogP) is 6.98. The van der Waals surface area contributed by atoms with Crippen molar-refractivity contribution in [3.63, 3.8) is 0 Å². The Morgan fingerprint density at radius 3 is 1.91 bits per heavy atom. The van der Waals surface area contributed by atoms with Gasteiger partial charge in [0.25, 0.3) is 0 Å². The van der Waals surface area contributed by atoms with E-state index in [0.717, 1.165) is 6.42 Å². The van der Waals surface area contributed by atoms with Crippen molar-refractivity contribution in [3.8, 4) is 5.75 Å². The zero-order chi connectivity index (χ0) is 17.5. The molecule has 0 radical (unpaired) electrons. The Morgan fingerprint density at radius 1 is 0.826 bits per heavy atom. The zero-order valence-electron chi connectivity index (χ0n) is 16.3. The van der Waals surface area contributed by atoms with Gasteiger partial charge in [0.1, 0.15) is 5.75 Å². The first-order chi connectivity index (χ1) is 10.6. The second kappa shape index (κ2) is 8.76. The van der Waals surface area contributed by atoms with Crippen LogP contribution in [0.2, 0.25) is 0 Å². The average Bonchev–Trinajstić information content (AvgIpc) is 2.41. The normalized spacial score (nSPS) is 14.0. The minimum Gasteiger partial charge on any atom is -0.508 e. The number of hydrogen-bond acceptors (Lipinski definition) is 1. The van der Waals surface area contributed by atoms with Crippen LogP contribution < -0.4 is 0 Å². The summed E-state index contributed by atoms with van der Waals surface area (Å²) in [4.78, 5) is 0. The van der Waals surface area contributed by atoms with Gasteiger partial charge < -0.3 is 5.11 Å². The van der Waals surface area contributed by atoms with Crippen molar-refractivity contribution < 1.29 is 5.11 Å². The summed E-state index contributed by atoms with van der Waals surface area (Å²) in [6, 6.07) is 7.75. The quantitative estimate of drug-likeness (QED) is 0.512. The Balaban J connectivity index is 2.39. The van der Waals surface area contributed by atoms with E-state index in [1.165, 1.54) is 44.1 Å². The number of rotatable bonds is 8. The van der Waals surface area contributed by atoms with Gasteiger partial charge in [-0.25, -0.2) is 0 Å². The van der Waals surface area contributed by atoms with Crippen molar-refractivity contribution in [2.45, 2.75) is 86.5 Å². The lowest BCUT2D eigenvalue weighted by molar-refractivity contribution is 0.217. The van der Waals surface area contributed by atoms with Crippen LogP contribution in [0.15, 0.2) is 24.3 Å². The Kier molecular flexibility index (Phi) is 7.64. The Morgan fingerprint density at radius 2 is 1.39 bits per heavy atom. The van der Waals surface area contributed by atoms with Crippen LogP contribution in [0.1, 0.15) is 85.6 Å². The van der Waals surface area contributed by atoms with Gasteiger partial charge in [-0.05, 0) is 53.7 Å². The summed E-state index contributed by atoms with van der Waals surface area (Å²) in [6.45, 7) is 14.1. The smallest absolute Gasteiger partial charge is 0.115 e. The van der Waals surface area contributed by atoms with E-state index in [1.54, 1.807) is 0 Å². The lowest BCUT2D eigenvalue weighted by atomic mass is 9.74. The van der Waals surface area contributed by atoms with E-state index in [9.17, 15) is 5.11 Å². The molecular weight excluding hydrogens is 280 g/mol. The molecule has 1 N–H and O–H groups in total. The van der Waals surface area contributed by atoms with Crippen LogP contribution in [0.25, 0.3) is 0 Å². The molecule has 0 spiro atoms. The molecule has 0 aromatic heterocycles. The fraction of sp³-hybridized carbons (Fsp3) is 0.727. The predicted molar refractivity (Wildman–Crippen MR) is 102 cm³/mol. The molecule has 1 heteroatoms. The summed E-state index contributed by atoms with van der Waals surface area (Å²) < 4.78 is 0. The van der Waals surface area contributed by atoms with Gasteiger partial charge in [-0.2, -0.15) is 0 Å². The lowest BCUT2D eigenvalue weighted by Gasteiger charge is -2.31. The van der Waals surface area contributed by atoms with Crippen molar-refractivity contribution in [1.29, 1.82) is 0 Å². The van der Waals surface area contributed by atoms with Crippen LogP contribution in [0.5, 0.6) is 5.75 Å². The van der Waals surface area contributed by atoms with Crippen LogP contribution in [-0.2, 0) is 6.42 Å². The first-order valence-corrected chi connectivity index (χ1v) is 9.36. The average molecular weight is 319 g/mol. The third-order valence-electron chi connectivity index (χ3n) is 4.87. The fourth-order valence-electron chi connectivity index (χ4n) is 3.16. The molecule has 1 aromatic rings. The van der Waals surface area contributed by atoms with E-state index in [1.807, 2.05) is 12.1 Å². The molecule has 0 aliphatic heterocycles. The van der Waals surface area contributed by atoms with Gasteiger partial charge in [-0.15, -0.1) is 0 Å². The Labute approximate surface area is 144 Å². The summed E-state index contributed by atoms with van der Waals surface area (Å²) in [5, 5.41) is 9.43. The maximum atomic E-state index is 9.43. The summed E-state index contributed by atoms with van der Waals surface area (Å²) in [6.07, 6.45) is 9.19. The molecule has 1 unspecified atom stereocenters. The number of phenols is 1. The topological polar surface area (TPSA) is 20.2 Å². The molecule has 23 heavy (non-hydrogen) atoms. The third kappa shape index (κ3) is 9.03. The highest BCUT2D eigenvalue weighted by atomic mass is 16.3. The van der Waals surface area contributed by atoms with Crippen molar-refractivity contribution >= 4 is 0 Å². The maximum absolute atomic E-state index is 9.43. The number of phenolic OH excluding ortho intramolecular Hbond substituents is 1. The number of aromatic hydroxyl groups is 1. The molecule has 0 saturated carbocycles. The molecule has 1 rings (SSSR count). The van der Waals surface area contributed by atoms with Gasteiger partial charge in [0.15, 0.2) is 0 Å². The first kappa shape index (κ1) is 20.1. The first-order valence-electron chi connectivity index (χ1n) is 9.36. The maximum Gasteiger partial charge on any atom is 0.115 e. The summed E-state index contributed by atoms with van der Waals surface area (Å²) in [5.74, 6) is 1.06. The molecule has 0 bridgehead atoms. The minimum absolute atomic E-state index is 0.337. The molecule has 0 fully saturated rings. The summed E-state index contributed by atoms with van der Waals surface area (Å²) >= 11 is 0. The largest absolute Gasteiger partial charge is 0.508 e. The van der Waals surface area contributed by atoms with Crippen LogP contribution in [0, 0.1) is 16.7 Å². The molecule has 132 valence electrons. The van der Waals surface area contributed by atoms with Gasteiger partial charge in [0.05, 0.1) is 0 Å². The SMILES string of the molecule is CC(C)(C)CCCCCCC(Cc1ccc(O)cc1)C(C)(C)C. The van der Waals surface area contributed by atoms with E-state index in [2.05, 4.69) is 53.7 Å². The molecule has 1 atom stereocenters. The molecule has 0 saturated heterocycles. The van der Waals surface area contributed by atoms with E-state index >= 15 is 0 Å². The molecule has 1 nitrogen and oxygen atoms in total. The number of unbranched alkanes of at least 4 members (excludes halogenated alkanes) is 3. The Hall–Kier alpha value is -0.980. The molecule has 1 aromatic carbocycles. The van der Waals surface area contributed by atoms with Crippen LogP contribution in [0.3, 0.4) is 0 Å². The van der Waals surface area contributed by atoms with Crippen LogP contribution in [-0.4, -0.2) is 5.11 Å². The van der Waals surface area contributed by atoms with Gasteiger partial charge in [0, 0.05) is 0 Å². The zero-order valence-corrected chi connectivity index (χ0v) is 16.3. The van der Waals surface area contributed by atoms with Crippen LogP contribution >= 0.6 is 0 Å². The van der Waals surface area contributed by atoms with Crippen molar-refractivity contribution in [2.24, 2.45) is 16.7 Å². The lowest BCUT2D eigenvalue weighted by Crippen LogP contribution is -2.22. The Bertz CT molecular complexity index is 431. The molecule has 0 aliphatic carbocycles. The highest BCUT2D eigenvalue weighted by molar-refractivity contribution is 5.26. The van der Waals surface area contributed by atoms with E-state index < -0.39 is 0 Å². The van der Waals surface area contributed by atoms with Crippen LogP contribution in [0.4, 0.5) is 0 Å². The minimum atomic E-state index is 0.337. The second-order valence-electron chi connectivity index (χ2n) is 9.45. The highest BCUT2D eigenvalue weighted by Gasteiger charge is 2.24. The van der Waals surface area contributed by atoms with Crippen molar-refractivity contribution in [2.75, 3.05) is 0 Å². The van der Waals surface area contributed by atoms with Crippen molar-refractivity contribution in [1.82, 2.24) is 0 Å². The molecular formula is C22H38O. The molecule has 0 aliphatic rings. The second-order valence-corrected chi connectivity index (χ2v) is 9.45. The van der Waals surface area contributed by atoms with E-state index in [0.29, 0.717) is 22.5 Å². The third-order valence-corrected chi connectivity index (χ3v) is 4.87. The molecule has 0 heterocycles. The number of benzene rings is 1. The van der Waals surface area contributed by atoms with E-state index in [4.69, 9.17) is 0 Å². The standard InChI is InChI=1S/C22H38O/c1-21(2,3)16-10-8-7-9-11-19(22(4,5)6)17-18-12-14-20(23)15-13-18/h12-15,19,23H,7-11,16-17H2,1-6H3.